The molecular formula is C15H20N4O. The third kappa shape index (κ3) is 3.52. The lowest BCUT2D eigenvalue weighted by molar-refractivity contribution is 0.0922. The van der Waals surface area contributed by atoms with Crippen LogP contribution in [-0.4, -0.2) is 11.9 Å². The Balaban J connectivity index is 2.00. The molecule has 0 bridgehead atoms. The minimum absolute atomic E-state index is 0.145. The maximum atomic E-state index is 12.3. The molecule has 1 aliphatic carbocycles. The van der Waals surface area contributed by atoms with E-state index in [-0.39, 0.29) is 11.9 Å². The Bertz CT molecular complexity index is 514. The monoisotopic (exact) mass is 272 g/mol. The molecule has 0 spiro atoms. The zero-order chi connectivity index (χ0) is 14.4. The molecule has 5 heteroatoms. The first-order valence-corrected chi connectivity index (χ1v) is 7.19. The lowest BCUT2D eigenvalue weighted by Crippen LogP contribution is -2.37. The Labute approximate surface area is 119 Å². The summed E-state index contributed by atoms with van der Waals surface area (Å²) in [6, 6.07) is 7.12. The minimum Gasteiger partial charge on any atom is -0.349 e. The summed E-state index contributed by atoms with van der Waals surface area (Å²) >= 11 is 0. The van der Waals surface area contributed by atoms with Gasteiger partial charge in [0, 0.05) is 16.5 Å². The Morgan fingerprint density at radius 3 is 2.70 bits per heavy atom. The molecule has 0 heterocycles. The van der Waals surface area contributed by atoms with E-state index < -0.39 is 0 Å². The molecule has 1 amide bonds. The average molecular weight is 272 g/mol. The Hall–Kier alpha value is -2.00. The standard InChI is InChI=1S/C15H20N4O/c1-2-11-7-9-12(10-8-11)17-15(20)13-5-3-4-6-14(13)18-19-16/h3-6,11-12H,2,7-10H2,1H3,(H,17,20). The summed E-state index contributed by atoms with van der Waals surface area (Å²) in [5.41, 5.74) is 9.36. The number of hydrogen-bond donors (Lipinski definition) is 1. The van der Waals surface area contributed by atoms with Crippen molar-refractivity contribution >= 4 is 11.6 Å². The van der Waals surface area contributed by atoms with Crippen molar-refractivity contribution in [2.75, 3.05) is 0 Å². The van der Waals surface area contributed by atoms with Crippen LogP contribution < -0.4 is 5.32 Å². The smallest absolute Gasteiger partial charge is 0.251 e. The molecule has 5 nitrogen and oxygen atoms in total. The van der Waals surface area contributed by atoms with Crippen LogP contribution in [-0.2, 0) is 0 Å². The summed E-state index contributed by atoms with van der Waals surface area (Å²) in [6.07, 6.45) is 5.65. The molecule has 106 valence electrons. The molecule has 0 aromatic heterocycles. The second-order valence-electron chi connectivity index (χ2n) is 5.31. The topological polar surface area (TPSA) is 77.9 Å². The van der Waals surface area contributed by atoms with Crippen LogP contribution in [0.1, 0.15) is 49.4 Å². The van der Waals surface area contributed by atoms with Gasteiger partial charge in [0.25, 0.3) is 5.91 Å². The zero-order valence-electron chi connectivity index (χ0n) is 11.7. The number of nitrogens with zero attached hydrogens (tertiary/aromatic N) is 3. The van der Waals surface area contributed by atoms with Crippen LogP contribution in [0.3, 0.4) is 0 Å². The number of rotatable bonds is 4. The summed E-state index contributed by atoms with van der Waals surface area (Å²) in [6.45, 7) is 2.22. The molecule has 1 aromatic carbocycles. The van der Waals surface area contributed by atoms with Gasteiger partial charge in [-0.3, -0.25) is 4.79 Å². The summed E-state index contributed by atoms with van der Waals surface area (Å²) in [7, 11) is 0. The molecule has 1 N–H and O–H groups in total. The van der Waals surface area contributed by atoms with Gasteiger partial charge in [-0.15, -0.1) is 0 Å². The van der Waals surface area contributed by atoms with E-state index >= 15 is 0 Å². The van der Waals surface area contributed by atoms with Gasteiger partial charge in [-0.25, -0.2) is 0 Å². The molecule has 1 aliphatic rings. The first-order valence-electron chi connectivity index (χ1n) is 7.19. The zero-order valence-corrected chi connectivity index (χ0v) is 11.7. The number of carbonyl (C=O) groups is 1. The van der Waals surface area contributed by atoms with Gasteiger partial charge >= 0.3 is 0 Å². The van der Waals surface area contributed by atoms with Gasteiger partial charge < -0.3 is 5.32 Å². The number of benzene rings is 1. The van der Waals surface area contributed by atoms with Crippen molar-refractivity contribution in [3.63, 3.8) is 0 Å². The van der Waals surface area contributed by atoms with E-state index in [1.807, 2.05) is 0 Å². The highest BCUT2D eigenvalue weighted by Gasteiger charge is 2.22. The van der Waals surface area contributed by atoms with Crippen molar-refractivity contribution in [1.29, 1.82) is 0 Å². The van der Waals surface area contributed by atoms with Gasteiger partial charge in [-0.1, -0.05) is 36.7 Å². The van der Waals surface area contributed by atoms with Crippen LogP contribution in [0.4, 0.5) is 5.69 Å². The number of carbonyl (C=O) groups excluding carboxylic acids is 1. The molecular weight excluding hydrogens is 252 g/mol. The largest absolute Gasteiger partial charge is 0.349 e. The van der Waals surface area contributed by atoms with E-state index in [0.29, 0.717) is 11.3 Å². The van der Waals surface area contributed by atoms with Gasteiger partial charge in [0.05, 0.1) is 5.69 Å². The normalized spacial score (nSPS) is 21.9. The number of nitrogens with one attached hydrogen (secondary N) is 1. The Morgan fingerprint density at radius 2 is 2.05 bits per heavy atom. The van der Waals surface area contributed by atoms with E-state index in [0.717, 1.165) is 18.8 Å². The van der Waals surface area contributed by atoms with Crippen molar-refractivity contribution in [3.05, 3.63) is 40.3 Å². The van der Waals surface area contributed by atoms with Crippen molar-refractivity contribution in [2.24, 2.45) is 11.0 Å². The second kappa shape index (κ2) is 6.96. The summed E-state index contributed by atoms with van der Waals surface area (Å²) in [4.78, 5) is 15.0. The Morgan fingerprint density at radius 1 is 1.35 bits per heavy atom. The quantitative estimate of drug-likeness (QED) is 0.494. The third-order valence-corrected chi connectivity index (χ3v) is 4.06. The second-order valence-corrected chi connectivity index (χ2v) is 5.31. The average Bonchev–Trinajstić information content (AvgIpc) is 2.49. The van der Waals surface area contributed by atoms with E-state index in [2.05, 4.69) is 22.3 Å². The molecule has 20 heavy (non-hydrogen) atoms. The van der Waals surface area contributed by atoms with Gasteiger partial charge in [0.1, 0.15) is 0 Å². The fourth-order valence-electron chi connectivity index (χ4n) is 2.78. The summed E-state index contributed by atoms with van der Waals surface area (Å²) in [5.74, 6) is 0.659. The number of amides is 1. The van der Waals surface area contributed by atoms with Crippen LogP contribution in [0.15, 0.2) is 29.4 Å². The van der Waals surface area contributed by atoms with Crippen molar-refractivity contribution in [3.8, 4) is 0 Å². The van der Waals surface area contributed by atoms with Crippen molar-refractivity contribution in [2.45, 2.75) is 45.1 Å². The maximum absolute atomic E-state index is 12.3. The van der Waals surface area contributed by atoms with Crippen LogP contribution in [0.5, 0.6) is 0 Å². The molecule has 1 aromatic rings. The molecule has 1 saturated carbocycles. The maximum Gasteiger partial charge on any atom is 0.251 e. The fourth-order valence-corrected chi connectivity index (χ4v) is 2.78. The highest BCUT2D eigenvalue weighted by atomic mass is 16.1. The number of azide groups is 1. The highest BCUT2D eigenvalue weighted by molar-refractivity contribution is 5.99. The van der Waals surface area contributed by atoms with Crippen molar-refractivity contribution < 1.29 is 4.79 Å². The fraction of sp³-hybridized carbons (Fsp3) is 0.533. The highest BCUT2D eigenvalue weighted by Crippen LogP contribution is 2.27. The lowest BCUT2D eigenvalue weighted by atomic mass is 9.84. The molecule has 0 radical (unpaired) electrons. The SMILES string of the molecule is CCC1CCC(NC(=O)c2ccccc2N=[N+]=[N-])CC1. The first kappa shape index (κ1) is 14.4. The van der Waals surface area contributed by atoms with Crippen LogP contribution >= 0.6 is 0 Å². The summed E-state index contributed by atoms with van der Waals surface area (Å²) < 4.78 is 0. The molecule has 0 saturated heterocycles. The lowest BCUT2D eigenvalue weighted by Gasteiger charge is -2.28. The van der Waals surface area contributed by atoms with Gasteiger partial charge in [0.2, 0.25) is 0 Å². The van der Waals surface area contributed by atoms with E-state index in [9.17, 15) is 4.79 Å². The van der Waals surface area contributed by atoms with Gasteiger partial charge in [-0.2, -0.15) is 0 Å². The van der Waals surface area contributed by atoms with E-state index in [1.165, 1.54) is 19.3 Å². The van der Waals surface area contributed by atoms with Crippen molar-refractivity contribution in [1.82, 2.24) is 5.32 Å². The molecule has 2 rings (SSSR count). The van der Waals surface area contributed by atoms with Gasteiger partial charge in [-0.05, 0) is 43.2 Å². The minimum atomic E-state index is -0.145. The third-order valence-electron chi connectivity index (χ3n) is 4.06. The molecule has 1 fully saturated rings. The summed E-state index contributed by atoms with van der Waals surface area (Å²) in [5, 5.41) is 6.62. The Kier molecular flexibility index (Phi) is 5.02. The van der Waals surface area contributed by atoms with Crippen LogP contribution in [0, 0.1) is 5.92 Å². The van der Waals surface area contributed by atoms with E-state index in [1.54, 1.807) is 24.3 Å². The predicted octanol–water partition coefficient (Wildman–Crippen LogP) is 4.33. The molecule has 0 unspecified atom stereocenters. The van der Waals surface area contributed by atoms with E-state index in [4.69, 9.17) is 5.53 Å². The molecule has 0 aliphatic heterocycles. The van der Waals surface area contributed by atoms with Crippen LogP contribution in [0.25, 0.3) is 10.4 Å². The predicted molar refractivity (Wildman–Crippen MR) is 78.8 cm³/mol. The first-order chi connectivity index (χ1) is 9.74. The number of hydrogen-bond acceptors (Lipinski definition) is 2. The van der Waals surface area contributed by atoms with Gasteiger partial charge in [0.15, 0.2) is 0 Å². The molecule has 0 atom stereocenters. The van der Waals surface area contributed by atoms with Crippen LogP contribution in [0.2, 0.25) is 0 Å².